The van der Waals surface area contributed by atoms with Crippen molar-refractivity contribution in [1.82, 2.24) is 5.32 Å². The molecule has 108 valence electrons. The normalized spacial score (nSPS) is 10.9. The molecule has 0 unspecified atom stereocenters. The number of halogens is 2. The Morgan fingerprint density at radius 2 is 1.89 bits per heavy atom. The zero-order valence-electron chi connectivity index (χ0n) is 11.3. The van der Waals surface area contributed by atoms with Gasteiger partial charge in [-0.25, -0.2) is 0 Å². The van der Waals surface area contributed by atoms with Gasteiger partial charge in [0.2, 0.25) is 0 Å². The second-order valence-electron chi connectivity index (χ2n) is 4.24. The summed E-state index contributed by atoms with van der Waals surface area (Å²) in [7, 11) is 1.69. The first-order valence-electron chi connectivity index (χ1n) is 6.45. The van der Waals surface area contributed by atoms with Crippen LogP contribution in [0.15, 0.2) is 27.1 Å². The van der Waals surface area contributed by atoms with Crippen molar-refractivity contribution in [1.29, 1.82) is 0 Å². The van der Waals surface area contributed by atoms with Crippen molar-refractivity contribution in [2.75, 3.05) is 33.5 Å². The molecule has 5 heteroatoms. The van der Waals surface area contributed by atoms with Crippen molar-refractivity contribution < 1.29 is 9.47 Å². The number of nitrogens with one attached hydrogen (secondary N) is 1. The summed E-state index contributed by atoms with van der Waals surface area (Å²) in [6.07, 6.45) is 2.21. The zero-order chi connectivity index (χ0) is 13.9. The first-order valence-corrected chi connectivity index (χ1v) is 8.04. The van der Waals surface area contributed by atoms with E-state index in [1.807, 2.05) is 0 Å². The third-order valence-electron chi connectivity index (χ3n) is 2.64. The predicted molar refractivity (Wildman–Crippen MR) is 85.5 cm³/mol. The van der Waals surface area contributed by atoms with E-state index in [0.29, 0.717) is 13.2 Å². The van der Waals surface area contributed by atoms with Crippen LogP contribution < -0.4 is 5.32 Å². The molecule has 1 aromatic carbocycles. The lowest BCUT2D eigenvalue weighted by molar-refractivity contribution is 0.0688. The van der Waals surface area contributed by atoms with Crippen LogP contribution in [0.2, 0.25) is 0 Å². The largest absolute Gasteiger partial charge is 0.382 e. The van der Waals surface area contributed by atoms with E-state index < -0.39 is 0 Å². The molecule has 19 heavy (non-hydrogen) atoms. The van der Waals surface area contributed by atoms with E-state index in [1.165, 1.54) is 5.56 Å². The Labute approximate surface area is 132 Å². The van der Waals surface area contributed by atoms with E-state index in [4.69, 9.17) is 9.47 Å². The molecule has 0 saturated carbocycles. The molecule has 0 aliphatic carbocycles. The predicted octanol–water partition coefficient (Wildman–Crippen LogP) is 3.74. The fourth-order valence-corrected chi connectivity index (χ4v) is 2.25. The van der Waals surface area contributed by atoms with Crippen LogP contribution in [0.5, 0.6) is 0 Å². The van der Waals surface area contributed by atoms with Crippen LogP contribution >= 0.6 is 31.9 Å². The number of ether oxygens (including phenoxy) is 2. The van der Waals surface area contributed by atoms with Crippen LogP contribution in [0, 0.1) is 0 Å². The maximum atomic E-state index is 5.40. The van der Waals surface area contributed by atoms with Gasteiger partial charge in [-0.15, -0.1) is 0 Å². The van der Waals surface area contributed by atoms with Crippen LogP contribution in [0.4, 0.5) is 0 Å². The number of hydrogen-bond acceptors (Lipinski definition) is 3. The Kier molecular flexibility index (Phi) is 9.73. The number of unbranched alkanes of at least 4 members (excludes halogenated alkanes) is 1. The topological polar surface area (TPSA) is 30.5 Å². The van der Waals surface area contributed by atoms with Gasteiger partial charge >= 0.3 is 0 Å². The van der Waals surface area contributed by atoms with Crippen LogP contribution in [-0.4, -0.2) is 33.5 Å². The lowest BCUT2D eigenvalue weighted by Crippen LogP contribution is -2.15. The Bertz CT molecular complexity index is 361. The molecule has 0 radical (unpaired) electrons. The molecule has 0 heterocycles. The Morgan fingerprint density at radius 1 is 1.05 bits per heavy atom. The van der Waals surface area contributed by atoms with Gasteiger partial charge in [0.1, 0.15) is 0 Å². The fourth-order valence-electron chi connectivity index (χ4n) is 1.58. The molecule has 1 aromatic rings. The molecule has 0 spiro atoms. The van der Waals surface area contributed by atoms with Crippen LogP contribution in [-0.2, 0) is 16.0 Å². The summed E-state index contributed by atoms with van der Waals surface area (Å²) >= 11 is 6.98. The lowest BCUT2D eigenvalue weighted by Gasteiger charge is -2.07. The van der Waals surface area contributed by atoms with Gasteiger partial charge in [0.15, 0.2) is 0 Å². The van der Waals surface area contributed by atoms with Crippen molar-refractivity contribution in [3.63, 3.8) is 0 Å². The van der Waals surface area contributed by atoms with Crippen molar-refractivity contribution in [3.8, 4) is 0 Å². The quantitative estimate of drug-likeness (QED) is 0.613. The fraction of sp³-hybridized carbons (Fsp3) is 0.571. The minimum absolute atomic E-state index is 0.677. The smallest absolute Gasteiger partial charge is 0.0700 e. The second-order valence-corrected chi connectivity index (χ2v) is 5.95. The molecular formula is C14H21Br2NO2. The SMILES string of the molecule is COCCOCCCCNCc1ccc(Br)c(Br)c1. The summed E-state index contributed by atoms with van der Waals surface area (Å²) < 4.78 is 12.5. The first kappa shape index (κ1) is 17.1. The standard InChI is InChI=1S/C14H21Br2NO2/c1-18-8-9-19-7-3-2-6-17-11-12-4-5-13(15)14(16)10-12/h4-5,10,17H,2-3,6-9,11H2,1H3. The van der Waals surface area contributed by atoms with Crippen molar-refractivity contribution in [2.45, 2.75) is 19.4 Å². The lowest BCUT2D eigenvalue weighted by atomic mass is 10.2. The monoisotopic (exact) mass is 393 g/mol. The maximum absolute atomic E-state index is 5.40. The molecule has 0 fully saturated rings. The van der Waals surface area contributed by atoms with Gasteiger partial charge in [-0.1, -0.05) is 6.07 Å². The number of benzene rings is 1. The van der Waals surface area contributed by atoms with Crippen molar-refractivity contribution in [3.05, 3.63) is 32.7 Å². The average Bonchev–Trinajstić information content (AvgIpc) is 2.41. The molecular weight excluding hydrogens is 374 g/mol. The number of rotatable bonds is 10. The minimum atomic E-state index is 0.677. The molecule has 0 saturated heterocycles. The third-order valence-corrected chi connectivity index (χ3v) is 4.52. The van der Waals surface area contributed by atoms with E-state index in [0.717, 1.165) is 41.5 Å². The van der Waals surface area contributed by atoms with Gasteiger partial charge in [0, 0.05) is 29.2 Å². The van der Waals surface area contributed by atoms with Gasteiger partial charge in [-0.05, 0) is 68.9 Å². The second kappa shape index (κ2) is 10.8. The van der Waals surface area contributed by atoms with Crippen LogP contribution in [0.25, 0.3) is 0 Å². The number of methoxy groups -OCH3 is 1. The van der Waals surface area contributed by atoms with Crippen molar-refractivity contribution >= 4 is 31.9 Å². The molecule has 3 nitrogen and oxygen atoms in total. The summed E-state index contributed by atoms with van der Waals surface area (Å²) in [5, 5.41) is 3.43. The third kappa shape index (κ3) is 8.05. The van der Waals surface area contributed by atoms with E-state index >= 15 is 0 Å². The van der Waals surface area contributed by atoms with Crippen LogP contribution in [0.1, 0.15) is 18.4 Å². The van der Waals surface area contributed by atoms with Gasteiger partial charge in [-0.3, -0.25) is 0 Å². The average molecular weight is 395 g/mol. The summed E-state index contributed by atoms with van der Waals surface area (Å²) in [5.74, 6) is 0. The number of hydrogen-bond donors (Lipinski definition) is 1. The Morgan fingerprint density at radius 3 is 2.63 bits per heavy atom. The van der Waals surface area contributed by atoms with Gasteiger partial charge < -0.3 is 14.8 Å². The van der Waals surface area contributed by atoms with Gasteiger partial charge in [0.25, 0.3) is 0 Å². The van der Waals surface area contributed by atoms with Crippen molar-refractivity contribution in [2.24, 2.45) is 0 Å². The van der Waals surface area contributed by atoms with Gasteiger partial charge in [0.05, 0.1) is 13.2 Å². The molecule has 0 atom stereocenters. The molecule has 0 bridgehead atoms. The zero-order valence-corrected chi connectivity index (χ0v) is 14.4. The summed E-state index contributed by atoms with van der Waals surface area (Å²) in [5.41, 5.74) is 1.28. The van der Waals surface area contributed by atoms with E-state index in [1.54, 1.807) is 7.11 Å². The summed E-state index contributed by atoms with van der Waals surface area (Å²) in [6, 6.07) is 6.31. The summed E-state index contributed by atoms with van der Waals surface area (Å²) in [4.78, 5) is 0. The van der Waals surface area contributed by atoms with E-state index in [2.05, 4.69) is 55.4 Å². The Hall–Kier alpha value is 0.0600. The highest BCUT2D eigenvalue weighted by molar-refractivity contribution is 9.13. The van der Waals surface area contributed by atoms with E-state index in [9.17, 15) is 0 Å². The van der Waals surface area contributed by atoms with Gasteiger partial charge in [-0.2, -0.15) is 0 Å². The summed E-state index contributed by atoms with van der Waals surface area (Å²) in [6.45, 7) is 4.10. The minimum Gasteiger partial charge on any atom is -0.382 e. The highest BCUT2D eigenvalue weighted by atomic mass is 79.9. The highest BCUT2D eigenvalue weighted by Crippen LogP contribution is 2.23. The van der Waals surface area contributed by atoms with E-state index in [-0.39, 0.29) is 0 Å². The Balaban J connectivity index is 2.00. The molecule has 0 amide bonds. The molecule has 0 aliphatic rings. The molecule has 1 rings (SSSR count). The maximum Gasteiger partial charge on any atom is 0.0700 e. The molecule has 0 aliphatic heterocycles. The molecule has 1 N–H and O–H groups in total. The highest BCUT2D eigenvalue weighted by Gasteiger charge is 1.98. The van der Waals surface area contributed by atoms with Crippen LogP contribution in [0.3, 0.4) is 0 Å². The molecule has 0 aromatic heterocycles. The first-order chi connectivity index (χ1) is 9.24.